The minimum atomic E-state index is -4.31. The van der Waals surface area contributed by atoms with Crippen molar-refractivity contribution in [1.82, 2.24) is 5.32 Å². The van der Waals surface area contributed by atoms with Crippen LogP contribution in [0.25, 0.3) is 0 Å². The lowest BCUT2D eigenvalue weighted by atomic mass is 10.0. The van der Waals surface area contributed by atoms with E-state index in [-0.39, 0.29) is 6.04 Å². The Hall–Kier alpha value is -1.52. The number of hydrogen-bond donors (Lipinski definition) is 1. The normalized spacial score (nSPS) is 17.6. The largest absolute Gasteiger partial charge is 0.416 e. The van der Waals surface area contributed by atoms with Gasteiger partial charge >= 0.3 is 6.18 Å². The fraction of sp³-hybridized carbons (Fsp3) is 0.417. The molecule has 0 bridgehead atoms. The van der Waals surface area contributed by atoms with Gasteiger partial charge in [0.1, 0.15) is 0 Å². The van der Waals surface area contributed by atoms with Crippen molar-refractivity contribution in [3.05, 3.63) is 35.4 Å². The Morgan fingerprint density at radius 2 is 1.82 bits per heavy atom. The van der Waals surface area contributed by atoms with Crippen LogP contribution in [-0.4, -0.2) is 6.41 Å². The molecule has 1 saturated carbocycles. The minimum Gasteiger partial charge on any atom is -0.352 e. The van der Waals surface area contributed by atoms with Crippen LogP contribution in [0.15, 0.2) is 24.3 Å². The third-order valence-electron chi connectivity index (χ3n) is 2.94. The summed E-state index contributed by atoms with van der Waals surface area (Å²) in [6.45, 7) is 0. The second-order valence-corrected chi connectivity index (χ2v) is 4.22. The van der Waals surface area contributed by atoms with Crippen LogP contribution in [-0.2, 0) is 11.0 Å². The van der Waals surface area contributed by atoms with Crippen molar-refractivity contribution in [3.63, 3.8) is 0 Å². The molecule has 17 heavy (non-hydrogen) atoms. The van der Waals surface area contributed by atoms with Crippen LogP contribution in [0.1, 0.15) is 30.0 Å². The quantitative estimate of drug-likeness (QED) is 0.809. The highest BCUT2D eigenvalue weighted by molar-refractivity contribution is 5.48. The summed E-state index contributed by atoms with van der Waals surface area (Å²) in [6, 6.07) is 4.81. The number of amides is 1. The molecular formula is C12H12F3NO. The van der Waals surface area contributed by atoms with Crippen molar-refractivity contribution < 1.29 is 18.0 Å². The monoisotopic (exact) mass is 243 g/mol. The molecule has 5 heteroatoms. The molecule has 0 radical (unpaired) electrons. The average Bonchev–Trinajstić information content (AvgIpc) is 3.09. The summed E-state index contributed by atoms with van der Waals surface area (Å²) in [7, 11) is 0. The van der Waals surface area contributed by atoms with E-state index in [1.54, 1.807) is 0 Å². The van der Waals surface area contributed by atoms with Gasteiger partial charge in [0.2, 0.25) is 6.41 Å². The molecule has 0 spiro atoms. The number of rotatable bonds is 4. The van der Waals surface area contributed by atoms with Crippen molar-refractivity contribution in [3.8, 4) is 0 Å². The molecule has 0 heterocycles. The molecule has 0 saturated heterocycles. The molecule has 1 aliphatic rings. The van der Waals surface area contributed by atoms with Crippen molar-refractivity contribution in [2.75, 3.05) is 0 Å². The highest BCUT2D eigenvalue weighted by atomic mass is 19.4. The Bertz CT molecular complexity index is 395. The van der Waals surface area contributed by atoms with Gasteiger partial charge < -0.3 is 5.32 Å². The average molecular weight is 243 g/mol. The fourth-order valence-corrected chi connectivity index (χ4v) is 1.89. The molecule has 0 unspecified atom stereocenters. The number of halogens is 3. The number of benzene rings is 1. The topological polar surface area (TPSA) is 29.1 Å². The molecule has 1 aromatic rings. The highest BCUT2D eigenvalue weighted by Crippen LogP contribution is 2.41. The highest BCUT2D eigenvalue weighted by Gasteiger charge is 2.33. The van der Waals surface area contributed by atoms with Gasteiger partial charge in [-0.15, -0.1) is 0 Å². The molecule has 1 aromatic carbocycles. The van der Waals surface area contributed by atoms with Crippen molar-refractivity contribution in [2.45, 2.75) is 25.1 Å². The van der Waals surface area contributed by atoms with E-state index in [4.69, 9.17) is 0 Å². The van der Waals surface area contributed by atoms with Crippen LogP contribution < -0.4 is 5.32 Å². The van der Waals surface area contributed by atoms with Crippen molar-refractivity contribution >= 4 is 6.41 Å². The van der Waals surface area contributed by atoms with E-state index in [1.807, 2.05) is 0 Å². The lowest BCUT2D eigenvalue weighted by Gasteiger charge is -2.16. The van der Waals surface area contributed by atoms with Crippen LogP contribution in [0.5, 0.6) is 0 Å². The van der Waals surface area contributed by atoms with Gasteiger partial charge in [-0.05, 0) is 36.5 Å². The number of carbonyl (C=O) groups excluding carboxylic acids is 1. The zero-order valence-corrected chi connectivity index (χ0v) is 9.00. The van der Waals surface area contributed by atoms with E-state index < -0.39 is 11.7 Å². The molecule has 2 nitrogen and oxygen atoms in total. The van der Waals surface area contributed by atoms with E-state index in [1.165, 1.54) is 12.1 Å². The van der Waals surface area contributed by atoms with Gasteiger partial charge in [0.25, 0.3) is 0 Å². The second-order valence-electron chi connectivity index (χ2n) is 4.22. The van der Waals surface area contributed by atoms with Crippen molar-refractivity contribution in [1.29, 1.82) is 0 Å². The maximum absolute atomic E-state index is 12.4. The molecule has 2 rings (SSSR count). The zero-order valence-electron chi connectivity index (χ0n) is 9.00. The van der Waals surface area contributed by atoms with Gasteiger partial charge in [-0.2, -0.15) is 13.2 Å². The van der Waals surface area contributed by atoms with Gasteiger partial charge in [0.15, 0.2) is 0 Å². The van der Waals surface area contributed by atoms with Gasteiger partial charge in [0.05, 0.1) is 11.6 Å². The van der Waals surface area contributed by atoms with Gasteiger partial charge in [-0.1, -0.05) is 12.1 Å². The Morgan fingerprint density at radius 3 is 2.24 bits per heavy atom. The lowest BCUT2D eigenvalue weighted by molar-refractivity contribution is -0.137. The molecule has 1 amide bonds. The summed E-state index contributed by atoms with van der Waals surface area (Å²) >= 11 is 0. The van der Waals surface area contributed by atoms with E-state index in [0.717, 1.165) is 30.5 Å². The second kappa shape index (κ2) is 4.39. The summed E-state index contributed by atoms with van der Waals surface area (Å²) in [5, 5.41) is 2.66. The first-order valence-corrected chi connectivity index (χ1v) is 5.39. The minimum absolute atomic E-state index is 0.158. The van der Waals surface area contributed by atoms with Gasteiger partial charge in [0, 0.05) is 0 Å². The van der Waals surface area contributed by atoms with E-state index in [2.05, 4.69) is 5.32 Å². The predicted molar refractivity (Wildman–Crippen MR) is 56.1 cm³/mol. The van der Waals surface area contributed by atoms with Crippen LogP contribution >= 0.6 is 0 Å². The standard InChI is InChI=1S/C12H12F3NO/c13-12(14,15)10-5-3-9(4-6-10)11(16-7-17)8-1-2-8/h3-8,11H,1-2H2,(H,16,17)/t11-/m1/s1. The first-order chi connectivity index (χ1) is 8.02. The third-order valence-corrected chi connectivity index (χ3v) is 2.94. The summed E-state index contributed by atoms with van der Waals surface area (Å²) in [4.78, 5) is 10.5. The van der Waals surface area contributed by atoms with Crippen LogP contribution in [0.2, 0.25) is 0 Å². The first-order valence-electron chi connectivity index (χ1n) is 5.39. The number of hydrogen-bond acceptors (Lipinski definition) is 1. The Morgan fingerprint density at radius 1 is 1.24 bits per heavy atom. The number of carbonyl (C=O) groups is 1. The summed E-state index contributed by atoms with van der Waals surface area (Å²) in [5.41, 5.74) is 0.0644. The molecule has 0 aliphatic heterocycles. The summed E-state index contributed by atoms with van der Waals surface area (Å²) in [6.07, 6.45) is -1.70. The molecule has 1 N–H and O–H groups in total. The lowest BCUT2D eigenvalue weighted by Crippen LogP contribution is -2.21. The van der Waals surface area contributed by atoms with Crippen LogP contribution in [0.3, 0.4) is 0 Å². The maximum atomic E-state index is 12.4. The number of nitrogens with one attached hydrogen (secondary N) is 1. The molecule has 0 aromatic heterocycles. The smallest absolute Gasteiger partial charge is 0.352 e. The van der Waals surface area contributed by atoms with Crippen LogP contribution in [0, 0.1) is 5.92 Å². The Kier molecular flexibility index (Phi) is 3.09. The first kappa shape index (κ1) is 12.0. The maximum Gasteiger partial charge on any atom is 0.416 e. The third kappa shape index (κ3) is 2.78. The molecule has 1 atom stereocenters. The number of alkyl halides is 3. The van der Waals surface area contributed by atoms with Gasteiger partial charge in [-0.3, -0.25) is 4.79 Å². The van der Waals surface area contributed by atoms with Crippen LogP contribution in [0.4, 0.5) is 13.2 Å². The fourth-order valence-electron chi connectivity index (χ4n) is 1.89. The summed E-state index contributed by atoms with van der Waals surface area (Å²) < 4.78 is 37.1. The molecular weight excluding hydrogens is 231 g/mol. The van der Waals surface area contributed by atoms with E-state index in [0.29, 0.717) is 12.3 Å². The predicted octanol–water partition coefficient (Wildman–Crippen LogP) is 2.90. The van der Waals surface area contributed by atoms with Gasteiger partial charge in [-0.25, -0.2) is 0 Å². The van der Waals surface area contributed by atoms with E-state index in [9.17, 15) is 18.0 Å². The van der Waals surface area contributed by atoms with E-state index >= 15 is 0 Å². The molecule has 92 valence electrons. The SMILES string of the molecule is O=CN[C@@H](c1ccc(C(F)(F)F)cc1)C1CC1. The van der Waals surface area contributed by atoms with Crippen molar-refractivity contribution in [2.24, 2.45) is 5.92 Å². The zero-order chi connectivity index (χ0) is 12.5. The molecule has 1 aliphatic carbocycles. The Labute approximate surface area is 96.8 Å². The molecule has 1 fully saturated rings. The summed E-state index contributed by atoms with van der Waals surface area (Å²) in [5.74, 6) is 0.358. The Balaban J connectivity index is 2.18.